The van der Waals surface area contributed by atoms with Crippen molar-refractivity contribution in [2.75, 3.05) is 13.7 Å². The summed E-state index contributed by atoms with van der Waals surface area (Å²) in [6, 6.07) is 11.7. The molecule has 0 aliphatic rings. The monoisotopic (exact) mass is 370 g/mol. The first-order valence-corrected chi connectivity index (χ1v) is 9.61. The van der Waals surface area contributed by atoms with E-state index in [1.54, 1.807) is 14.0 Å². The molecule has 0 saturated carbocycles. The molecule has 27 heavy (non-hydrogen) atoms. The Morgan fingerprint density at radius 3 is 2.33 bits per heavy atom. The van der Waals surface area contributed by atoms with Gasteiger partial charge in [0, 0.05) is 16.3 Å². The Hall–Kier alpha value is -2.49. The van der Waals surface area contributed by atoms with Crippen molar-refractivity contribution in [2.45, 2.75) is 52.1 Å². The molecule has 0 heterocycles. The summed E-state index contributed by atoms with van der Waals surface area (Å²) in [5.41, 5.74) is 0.406. The normalized spacial score (nSPS) is 11.8. The summed E-state index contributed by atoms with van der Waals surface area (Å²) >= 11 is 0. The number of unbranched alkanes of at least 4 members (excludes halogenated alkanes) is 3. The van der Waals surface area contributed by atoms with E-state index in [9.17, 15) is 4.79 Å². The average Bonchev–Trinajstić information content (AvgIpc) is 2.68. The molecule has 0 radical (unpaired) electrons. The average molecular weight is 370 g/mol. The van der Waals surface area contributed by atoms with Crippen LogP contribution in [-0.4, -0.2) is 25.8 Å². The van der Waals surface area contributed by atoms with Crippen LogP contribution in [0.3, 0.4) is 0 Å². The van der Waals surface area contributed by atoms with Crippen LogP contribution in [0.4, 0.5) is 0 Å². The zero-order chi connectivity index (χ0) is 19.6. The number of esters is 1. The minimum Gasteiger partial charge on any atom is -0.496 e. The maximum absolute atomic E-state index is 12.0. The lowest BCUT2D eigenvalue weighted by atomic mass is 10.1. The highest BCUT2D eigenvalue weighted by Crippen LogP contribution is 2.33. The van der Waals surface area contributed by atoms with Crippen LogP contribution in [0.5, 0.6) is 11.5 Å². The largest absolute Gasteiger partial charge is 0.496 e. The molecule has 0 aliphatic heterocycles. The van der Waals surface area contributed by atoms with Gasteiger partial charge in [-0.05, 0) is 31.9 Å². The third-order valence-corrected chi connectivity index (χ3v) is 4.49. The molecule has 2 aromatic rings. The lowest BCUT2D eigenvalue weighted by Crippen LogP contribution is -2.25. The number of fused-ring (bicyclic) bond motifs is 1. The van der Waals surface area contributed by atoms with E-state index < -0.39 is 0 Å². The van der Waals surface area contributed by atoms with Crippen molar-refractivity contribution in [3.05, 3.63) is 48.6 Å². The minimum atomic E-state index is -0.362. The smallest absolute Gasteiger partial charge is 0.333 e. The van der Waals surface area contributed by atoms with Gasteiger partial charge >= 0.3 is 5.97 Å². The lowest BCUT2D eigenvalue weighted by molar-refractivity contribution is -0.146. The molecule has 1 unspecified atom stereocenters. The molecule has 0 aliphatic carbocycles. The van der Waals surface area contributed by atoms with Gasteiger partial charge in [0.2, 0.25) is 0 Å². The summed E-state index contributed by atoms with van der Waals surface area (Å²) in [7, 11) is 1.66. The van der Waals surface area contributed by atoms with Gasteiger partial charge < -0.3 is 14.2 Å². The van der Waals surface area contributed by atoms with E-state index in [-0.39, 0.29) is 12.1 Å². The van der Waals surface area contributed by atoms with Gasteiger partial charge in [-0.25, -0.2) is 4.79 Å². The molecule has 1 atom stereocenters. The number of hydrogen-bond donors (Lipinski definition) is 0. The van der Waals surface area contributed by atoms with Crippen LogP contribution in [0.1, 0.15) is 46.0 Å². The molecule has 0 bridgehead atoms. The van der Waals surface area contributed by atoms with Crippen LogP contribution in [0, 0.1) is 0 Å². The molecule has 4 heteroatoms. The predicted molar refractivity (Wildman–Crippen MR) is 109 cm³/mol. The van der Waals surface area contributed by atoms with Gasteiger partial charge in [-0.15, -0.1) is 0 Å². The van der Waals surface area contributed by atoms with Gasteiger partial charge in [-0.1, -0.05) is 57.0 Å². The van der Waals surface area contributed by atoms with E-state index >= 15 is 0 Å². The van der Waals surface area contributed by atoms with Gasteiger partial charge in [-0.3, -0.25) is 0 Å². The molecule has 2 rings (SSSR count). The van der Waals surface area contributed by atoms with Gasteiger partial charge in [-0.2, -0.15) is 0 Å². The maximum atomic E-state index is 12.0. The highest BCUT2D eigenvalue weighted by atomic mass is 16.6. The fourth-order valence-corrected chi connectivity index (χ4v) is 2.96. The minimum absolute atomic E-state index is 0.285. The van der Waals surface area contributed by atoms with Gasteiger partial charge in [0.15, 0.2) is 0 Å². The molecular weight excluding hydrogens is 340 g/mol. The third-order valence-electron chi connectivity index (χ3n) is 4.49. The van der Waals surface area contributed by atoms with E-state index in [1.807, 2.05) is 36.4 Å². The second-order valence-electron chi connectivity index (χ2n) is 6.78. The van der Waals surface area contributed by atoms with E-state index in [0.29, 0.717) is 12.2 Å². The Labute approximate surface area is 162 Å². The number of rotatable bonds is 11. The van der Waals surface area contributed by atoms with Crippen LogP contribution in [0.2, 0.25) is 0 Å². The molecule has 2 aromatic carbocycles. The highest BCUT2D eigenvalue weighted by Gasteiger charge is 2.17. The molecule has 0 aromatic heterocycles. The van der Waals surface area contributed by atoms with Crippen LogP contribution >= 0.6 is 0 Å². The van der Waals surface area contributed by atoms with Gasteiger partial charge in [0.25, 0.3) is 0 Å². The van der Waals surface area contributed by atoms with Crippen LogP contribution < -0.4 is 9.47 Å². The first kappa shape index (κ1) is 20.8. The summed E-state index contributed by atoms with van der Waals surface area (Å²) in [6.45, 7) is 7.83. The molecule has 4 nitrogen and oxygen atoms in total. The molecular formula is C23H30O4. The standard InChI is InChI=1S/C23H30O4/c1-5-6-7-8-11-18(27-23(24)17(2)3)16-26-22-15-14-21(25-4)19-12-9-10-13-20(19)22/h9-10,12-15,18H,2,5-8,11,16H2,1,3-4H3. The summed E-state index contributed by atoms with van der Waals surface area (Å²) < 4.78 is 17.1. The summed E-state index contributed by atoms with van der Waals surface area (Å²) in [6.07, 6.45) is 4.99. The Kier molecular flexibility index (Phi) is 8.18. The van der Waals surface area contributed by atoms with E-state index in [2.05, 4.69) is 13.5 Å². The van der Waals surface area contributed by atoms with E-state index in [4.69, 9.17) is 14.2 Å². The SMILES string of the molecule is C=C(C)C(=O)OC(CCCCCC)COc1ccc(OC)c2ccccc12. The Balaban J connectivity index is 2.09. The first-order valence-electron chi connectivity index (χ1n) is 9.61. The zero-order valence-electron chi connectivity index (χ0n) is 16.6. The van der Waals surface area contributed by atoms with Crippen LogP contribution in [0.15, 0.2) is 48.6 Å². The predicted octanol–water partition coefficient (Wildman–Crippen LogP) is 5.69. The molecule has 0 amide bonds. The molecule has 0 spiro atoms. The number of ether oxygens (including phenoxy) is 3. The van der Waals surface area contributed by atoms with Crippen LogP contribution in [0.25, 0.3) is 10.8 Å². The van der Waals surface area contributed by atoms with Gasteiger partial charge in [0.1, 0.15) is 24.2 Å². The quantitative estimate of drug-likeness (QED) is 0.290. The fourth-order valence-electron chi connectivity index (χ4n) is 2.96. The van der Waals surface area contributed by atoms with Crippen molar-refractivity contribution in [3.8, 4) is 11.5 Å². The maximum Gasteiger partial charge on any atom is 0.333 e. The molecule has 0 fully saturated rings. The Morgan fingerprint density at radius 2 is 1.70 bits per heavy atom. The van der Waals surface area contributed by atoms with Crippen molar-refractivity contribution in [1.82, 2.24) is 0 Å². The number of methoxy groups -OCH3 is 1. The van der Waals surface area contributed by atoms with E-state index in [1.165, 1.54) is 12.8 Å². The summed E-state index contributed by atoms with van der Waals surface area (Å²) in [4.78, 5) is 12.0. The number of carbonyl (C=O) groups is 1. The Morgan fingerprint density at radius 1 is 1.04 bits per heavy atom. The van der Waals surface area contributed by atoms with E-state index in [0.717, 1.165) is 41.5 Å². The van der Waals surface area contributed by atoms with Crippen LogP contribution in [-0.2, 0) is 9.53 Å². The van der Waals surface area contributed by atoms with Crippen molar-refractivity contribution in [1.29, 1.82) is 0 Å². The topological polar surface area (TPSA) is 44.8 Å². The zero-order valence-corrected chi connectivity index (χ0v) is 16.6. The second-order valence-corrected chi connectivity index (χ2v) is 6.78. The van der Waals surface area contributed by atoms with Crippen molar-refractivity contribution in [2.24, 2.45) is 0 Å². The first-order chi connectivity index (χ1) is 13.1. The highest BCUT2D eigenvalue weighted by molar-refractivity contribution is 5.93. The number of hydrogen-bond acceptors (Lipinski definition) is 4. The second kappa shape index (κ2) is 10.6. The molecule has 0 N–H and O–H groups in total. The fraction of sp³-hybridized carbons (Fsp3) is 0.435. The van der Waals surface area contributed by atoms with Crippen molar-refractivity contribution in [3.63, 3.8) is 0 Å². The molecule has 0 saturated heterocycles. The lowest BCUT2D eigenvalue weighted by Gasteiger charge is -2.20. The Bertz CT molecular complexity index is 766. The summed E-state index contributed by atoms with van der Waals surface area (Å²) in [5.74, 6) is 1.21. The van der Waals surface area contributed by atoms with Crippen molar-refractivity contribution >= 4 is 16.7 Å². The van der Waals surface area contributed by atoms with Gasteiger partial charge in [0.05, 0.1) is 7.11 Å². The third kappa shape index (κ3) is 6.02. The van der Waals surface area contributed by atoms with Crippen molar-refractivity contribution < 1.29 is 19.0 Å². The number of benzene rings is 2. The number of carbonyl (C=O) groups excluding carboxylic acids is 1. The molecule has 146 valence electrons. The summed E-state index contributed by atoms with van der Waals surface area (Å²) in [5, 5.41) is 1.98.